The average Bonchev–Trinajstić information content (AvgIpc) is 3.42. The predicted octanol–water partition coefficient (Wildman–Crippen LogP) is 5.64. The minimum atomic E-state index is -4.54. The molecule has 3 heterocycles. The van der Waals surface area contributed by atoms with Crippen LogP contribution in [0.5, 0.6) is 11.6 Å². The van der Waals surface area contributed by atoms with E-state index in [0.29, 0.717) is 10.7 Å². The summed E-state index contributed by atoms with van der Waals surface area (Å²) in [7, 11) is 1.58. The molecular weight excluding hydrogens is 449 g/mol. The Bertz CT molecular complexity index is 1190. The highest BCUT2D eigenvalue weighted by atomic mass is 32.1. The first-order valence-electron chi connectivity index (χ1n) is 8.92. The summed E-state index contributed by atoms with van der Waals surface area (Å²) in [6.07, 6.45) is -2.84. The van der Waals surface area contributed by atoms with Gasteiger partial charge in [0.05, 0.1) is 7.11 Å². The fraction of sp³-hybridized carbons (Fsp3) is 0.200. The topological polar surface area (TPSA) is 70.0 Å². The smallest absolute Gasteiger partial charge is 0.434 e. The Morgan fingerprint density at radius 3 is 2.42 bits per heavy atom. The maximum Gasteiger partial charge on any atom is 0.434 e. The first-order valence-corrected chi connectivity index (χ1v) is 10.6. The monoisotopic (exact) mass is 464 g/mol. The molecule has 0 aliphatic heterocycles. The molecule has 0 spiro atoms. The second-order valence-electron chi connectivity index (χ2n) is 6.36. The largest absolute Gasteiger partial charge is 0.497 e. The quantitative estimate of drug-likeness (QED) is 0.368. The number of hydrogen-bond acceptors (Lipinski definition) is 8. The number of nitrogens with zero attached hydrogens (tertiary/aromatic N) is 4. The number of methoxy groups -OCH3 is 1. The van der Waals surface area contributed by atoms with E-state index in [1.165, 1.54) is 11.3 Å². The molecule has 31 heavy (non-hydrogen) atoms. The van der Waals surface area contributed by atoms with E-state index in [4.69, 9.17) is 9.47 Å². The fourth-order valence-electron chi connectivity index (χ4n) is 2.56. The van der Waals surface area contributed by atoms with Gasteiger partial charge < -0.3 is 9.47 Å². The lowest BCUT2D eigenvalue weighted by Crippen LogP contribution is -2.05. The van der Waals surface area contributed by atoms with Gasteiger partial charge in [-0.05, 0) is 24.6 Å². The van der Waals surface area contributed by atoms with Crippen molar-refractivity contribution in [2.24, 2.45) is 0 Å². The highest BCUT2D eigenvalue weighted by molar-refractivity contribution is 7.15. The molecule has 6 nitrogen and oxygen atoms in total. The molecule has 160 valence electrons. The molecular formula is C20H15F3N4O2S2. The molecule has 0 fully saturated rings. The van der Waals surface area contributed by atoms with Gasteiger partial charge in [-0.25, -0.2) is 15.0 Å². The van der Waals surface area contributed by atoms with Crippen molar-refractivity contribution < 1.29 is 22.6 Å². The van der Waals surface area contributed by atoms with Gasteiger partial charge in [0, 0.05) is 22.5 Å². The van der Waals surface area contributed by atoms with E-state index in [9.17, 15) is 13.2 Å². The van der Waals surface area contributed by atoms with Gasteiger partial charge in [-0.2, -0.15) is 18.2 Å². The van der Waals surface area contributed by atoms with Crippen molar-refractivity contribution in [2.45, 2.75) is 19.7 Å². The van der Waals surface area contributed by atoms with E-state index in [-0.39, 0.29) is 23.3 Å². The molecule has 0 aliphatic carbocycles. The van der Waals surface area contributed by atoms with E-state index >= 15 is 0 Å². The number of aryl methyl sites for hydroxylation is 1. The van der Waals surface area contributed by atoms with Gasteiger partial charge in [0.25, 0.3) is 0 Å². The van der Waals surface area contributed by atoms with Crippen molar-refractivity contribution in [1.29, 1.82) is 0 Å². The number of alkyl halides is 3. The zero-order valence-corrected chi connectivity index (χ0v) is 17.9. The minimum Gasteiger partial charge on any atom is -0.497 e. The highest BCUT2D eigenvalue weighted by Gasteiger charge is 2.34. The normalized spacial score (nSPS) is 11.5. The van der Waals surface area contributed by atoms with Gasteiger partial charge in [0.15, 0.2) is 16.5 Å². The molecule has 0 bridgehead atoms. The fourth-order valence-corrected chi connectivity index (χ4v) is 4.05. The summed E-state index contributed by atoms with van der Waals surface area (Å²) in [5.74, 6) is 0.988. The number of thiazole rings is 2. The number of hydrogen-bond donors (Lipinski definition) is 0. The highest BCUT2D eigenvalue weighted by Crippen LogP contribution is 2.34. The van der Waals surface area contributed by atoms with Crippen LogP contribution in [0.15, 0.2) is 41.9 Å². The first-order chi connectivity index (χ1) is 14.8. The van der Waals surface area contributed by atoms with Crippen LogP contribution in [0.4, 0.5) is 13.2 Å². The lowest BCUT2D eigenvalue weighted by molar-refractivity contribution is -0.140. The molecule has 4 rings (SSSR count). The average molecular weight is 464 g/mol. The number of halogens is 3. The molecule has 0 unspecified atom stereocenters. The number of rotatable bonds is 6. The molecule has 0 amide bonds. The molecule has 4 aromatic rings. The Hall–Kier alpha value is -3.05. The summed E-state index contributed by atoms with van der Waals surface area (Å²) in [5, 5.41) is 1.61. The van der Waals surface area contributed by atoms with E-state index in [2.05, 4.69) is 19.9 Å². The molecule has 3 aromatic heterocycles. The number of aromatic nitrogens is 4. The standard InChI is InChI=1S/C20H15F3N4O2S2/c1-11-8-24-18(31-11)14-7-16(29-9-12-3-5-13(28-2)6-4-12)27-17(25-14)19-26-15(10-30-19)20(21,22)23/h3-8,10H,9H2,1-2H3. The van der Waals surface area contributed by atoms with E-state index < -0.39 is 11.9 Å². The van der Waals surface area contributed by atoms with Crippen molar-refractivity contribution in [2.75, 3.05) is 7.11 Å². The van der Waals surface area contributed by atoms with Gasteiger partial charge >= 0.3 is 6.18 Å². The van der Waals surface area contributed by atoms with Gasteiger partial charge in [0.2, 0.25) is 5.88 Å². The van der Waals surface area contributed by atoms with Crippen molar-refractivity contribution in [3.8, 4) is 33.2 Å². The molecule has 0 atom stereocenters. The predicted molar refractivity (Wildman–Crippen MR) is 111 cm³/mol. The van der Waals surface area contributed by atoms with Crippen molar-refractivity contribution in [3.05, 3.63) is 58.0 Å². The van der Waals surface area contributed by atoms with Crippen molar-refractivity contribution in [3.63, 3.8) is 0 Å². The SMILES string of the molecule is COc1ccc(COc2cc(-c3ncc(C)s3)nc(-c3nc(C(F)(F)F)cs3)n2)cc1. The zero-order chi connectivity index (χ0) is 22.0. The molecule has 0 saturated heterocycles. The molecule has 1 aromatic carbocycles. The van der Waals surface area contributed by atoms with Crippen LogP contribution in [0.25, 0.3) is 21.5 Å². The summed E-state index contributed by atoms with van der Waals surface area (Å²) in [6, 6.07) is 8.93. The van der Waals surface area contributed by atoms with Crippen LogP contribution in [0.2, 0.25) is 0 Å². The molecule has 0 aliphatic rings. The van der Waals surface area contributed by atoms with Crippen LogP contribution in [-0.4, -0.2) is 27.0 Å². The Morgan fingerprint density at radius 2 is 1.81 bits per heavy atom. The lowest BCUT2D eigenvalue weighted by Gasteiger charge is -2.09. The Labute approximate surface area is 183 Å². The Kier molecular flexibility index (Phi) is 5.88. The second kappa shape index (κ2) is 8.60. The summed E-state index contributed by atoms with van der Waals surface area (Å²) < 4.78 is 49.8. The van der Waals surface area contributed by atoms with E-state index in [1.807, 2.05) is 31.2 Å². The number of benzene rings is 1. The van der Waals surface area contributed by atoms with Crippen LogP contribution >= 0.6 is 22.7 Å². The molecule has 0 saturated carbocycles. The summed E-state index contributed by atoms with van der Waals surface area (Å²) in [6.45, 7) is 2.11. The van der Waals surface area contributed by atoms with Crippen LogP contribution in [0, 0.1) is 6.92 Å². The second-order valence-corrected chi connectivity index (χ2v) is 8.46. The third kappa shape index (κ3) is 5.00. The summed E-state index contributed by atoms with van der Waals surface area (Å²) in [4.78, 5) is 17.6. The van der Waals surface area contributed by atoms with Gasteiger partial charge in [-0.1, -0.05) is 12.1 Å². The van der Waals surface area contributed by atoms with Crippen molar-refractivity contribution in [1.82, 2.24) is 19.9 Å². The summed E-state index contributed by atoms with van der Waals surface area (Å²) in [5.41, 5.74) is 0.352. The third-order valence-corrected chi connectivity index (χ3v) is 5.85. The van der Waals surface area contributed by atoms with Crippen molar-refractivity contribution >= 4 is 22.7 Å². The zero-order valence-electron chi connectivity index (χ0n) is 16.3. The summed E-state index contributed by atoms with van der Waals surface area (Å²) >= 11 is 2.24. The van der Waals surface area contributed by atoms with Crippen LogP contribution < -0.4 is 9.47 Å². The Morgan fingerprint density at radius 1 is 1.03 bits per heavy atom. The van der Waals surface area contributed by atoms with E-state index in [0.717, 1.165) is 32.9 Å². The first kappa shape index (κ1) is 21.2. The van der Waals surface area contributed by atoms with Gasteiger partial charge in [-0.15, -0.1) is 22.7 Å². The molecule has 11 heteroatoms. The Balaban J connectivity index is 1.66. The van der Waals surface area contributed by atoms with Gasteiger partial charge in [0.1, 0.15) is 23.1 Å². The van der Waals surface area contributed by atoms with E-state index in [1.54, 1.807) is 19.4 Å². The van der Waals surface area contributed by atoms with Gasteiger partial charge in [-0.3, -0.25) is 0 Å². The van der Waals surface area contributed by atoms with Crippen LogP contribution in [0.1, 0.15) is 16.1 Å². The molecule has 0 radical (unpaired) electrons. The third-order valence-electron chi connectivity index (χ3n) is 4.07. The lowest BCUT2D eigenvalue weighted by atomic mass is 10.2. The minimum absolute atomic E-state index is 0.0515. The van der Waals surface area contributed by atoms with Crippen LogP contribution in [0.3, 0.4) is 0 Å². The molecule has 0 N–H and O–H groups in total. The number of ether oxygens (including phenoxy) is 2. The maximum absolute atomic E-state index is 13.0. The van der Waals surface area contributed by atoms with Crippen LogP contribution in [-0.2, 0) is 12.8 Å². The maximum atomic E-state index is 13.0.